The first-order valence-electron chi connectivity index (χ1n) is 13.4. The van der Waals surface area contributed by atoms with Gasteiger partial charge < -0.3 is 9.84 Å². The Morgan fingerprint density at radius 1 is 1.00 bits per heavy atom. The van der Waals surface area contributed by atoms with Gasteiger partial charge in [-0.15, -0.1) is 0 Å². The van der Waals surface area contributed by atoms with Gasteiger partial charge in [0.15, 0.2) is 0 Å². The van der Waals surface area contributed by atoms with Gasteiger partial charge in [0.05, 0.1) is 0 Å². The number of carboxylic acids is 1. The monoisotopic (exact) mass is 458 g/mol. The first-order chi connectivity index (χ1) is 15.3. The largest absolute Gasteiger partial charge is 0.481 e. The van der Waals surface area contributed by atoms with E-state index in [4.69, 9.17) is 4.74 Å². The minimum Gasteiger partial charge on any atom is -0.481 e. The number of hydrogen-bond donors (Lipinski definition) is 1. The van der Waals surface area contributed by atoms with Crippen molar-refractivity contribution in [2.75, 3.05) is 0 Å². The van der Waals surface area contributed by atoms with E-state index in [0.29, 0.717) is 17.8 Å². The summed E-state index contributed by atoms with van der Waals surface area (Å²) in [6.07, 6.45) is 10.4. The standard InChI is InChI=1S/C29H46O4/c1-18(8-11-25(31)32)20-12-16-29(7)22-9-10-23-26(3,4)24(33-19(2)30)14-15-27(23,5)21(22)13-17-28(20,29)6/h18,20,23-24H,8-17H2,1-7H3,(H,31,32)/t18-,20-,23+,24+,27+,28+,29-/m0/s1. The molecule has 0 aromatic heterocycles. The highest BCUT2D eigenvalue weighted by Crippen LogP contribution is 2.72. The minimum absolute atomic E-state index is 0.0115. The van der Waals surface area contributed by atoms with E-state index in [-0.39, 0.29) is 40.2 Å². The Kier molecular flexibility index (Phi) is 6.10. The minimum atomic E-state index is -0.667. The van der Waals surface area contributed by atoms with Gasteiger partial charge >= 0.3 is 11.9 Å². The van der Waals surface area contributed by atoms with Crippen LogP contribution in [0.3, 0.4) is 0 Å². The quantitative estimate of drug-likeness (QED) is 0.350. The van der Waals surface area contributed by atoms with E-state index in [9.17, 15) is 14.7 Å². The number of rotatable bonds is 5. The Bertz CT molecular complexity index is 856. The van der Waals surface area contributed by atoms with Crippen molar-refractivity contribution in [2.45, 2.75) is 119 Å². The number of allylic oxidation sites excluding steroid dienone is 2. The molecular formula is C29H46O4. The third-order valence-electron chi connectivity index (χ3n) is 11.6. The number of carbonyl (C=O) groups is 2. The molecule has 0 aromatic rings. The fraction of sp³-hybridized carbons (Fsp3) is 0.862. The van der Waals surface area contributed by atoms with E-state index in [1.54, 1.807) is 18.1 Å². The Labute approximate surface area is 200 Å². The van der Waals surface area contributed by atoms with E-state index in [1.165, 1.54) is 38.5 Å². The maximum atomic E-state index is 11.8. The van der Waals surface area contributed by atoms with Crippen LogP contribution in [0.25, 0.3) is 0 Å². The van der Waals surface area contributed by atoms with E-state index in [0.717, 1.165) is 19.3 Å². The Morgan fingerprint density at radius 2 is 1.70 bits per heavy atom. The van der Waals surface area contributed by atoms with Crippen LogP contribution in [0.1, 0.15) is 113 Å². The van der Waals surface area contributed by atoms with Gasteiger partial charge in [-0.25, -0.2) is 0 Å². The molecule has 186 valence electrons. The van der Waals surface area contributed by atoms with Crippen molar-refractivity contribution < 1.29 is 19.4 Å². The molecule has 4 rings (SSSR count). The summed E-state index contributed by atoms with van der Waals surface area (Å²) in [4.78, 5) is 23.0. The number of ether oxygens (including phenoxy) is 1. The number of aliphatic carboxylic acids is 1. The van der Waals surface area contributed by atoms with Gasteiger partial charge in [0.1, 0.15) is 6.10 Å². The lowest BCUT2D eigenvalue weighted by molar-refractivity contribution is -0.167. The second-order valence-corrected chi connectivity index (χ2v) is 13.2. The predicted molar refractivity (Wildman–Crippen MR) is 131 cm³/mol. The molecular weight excluding hydrogens is 412 g/mol. The summed E-state index contributed by atoms with van der Waals surface area (Å²) in [5.74, 6) is 0.793. The lowest BCUT2D eigenvalue weighted by Crippen LogP contribution is -2.55. The van der Waals surface area contributed by atoms with Gasteiger partial charge in [-0.3, -0.25) is 9.59 Å². The summed E-state index contributed by atoms with van der Waals surface area (Å²) >= 11 is 0. The van der Waals surface area contributed by atoms with Crippen molar-refractivity contribution in [2.24, 2.45) is 39.4 Å². The average Bonchev–Trinajstić information content (AvgIpc) is 3.00. The molecule has 33 heavy (non-hydrogen) atoms. The highest BCUT2D eigenvalue weighted by molar-refractivity contribution is 5.66. The summed E-state index contributed by atoms with van der Waals surface area (Å²) in [6.45, 7) is 16.1. The Balaban J connectivity index is 1.65. The van der Waals surface area contributed by atoms with Crippen LogP contribution in [0.2, 0.25) is 0 Å². The fourth-order valence-corrected chi connectivity index (χ4v) is 9.58. The van der Waals surface area contributed by atoms with E-state index < -0.39 is 5.97 Å². The molecule has 1 N–H and O–H groups in total. The highest BCUT2D eigenvalue weighted by Gasteiger charge is 2.63. The first-order valence-corrected chi connectivity index (χ1v) is 13.4. The van der Waals surface area contributed by atoms with Crippen LogP contribution >= 0.6 is 0 Å². The third-order valence-corrected chi connectivity index (χ3v) is 11.6. The van der Waals surface area contributed by atoms with Crippen LogP contribution in [0, 0.1) is 39.4 Å². The topological polar surface area (TPSA) is 63.6 Å². The molecule has 0 aromatic carbocycles. The number of carboxylic acid groups (broad SMARTS) is 1. The van der Waals surface area contributed by atoms with Gasteiger partial charge in [-0.1, -0.05) is 52.7 Å². The highest BCUT2D eigenvalue weighted by atomic mass is 16.5. The molecule has 2 fully saturated rings. The Morgan fingerprint density at radius 3 is 2.33 bits per heavy atom. The maximum absolute atomic E-state index is 11.8. The second-order valence-electron chi connectivity index (χ2n) is 13.2. The Hall–Kier alpha value is -1.32. The summed E-state index contributed by atoms with van der Waals surface area (Å²) in [5, 5.41) is 9.22. The molecule has 0 saturated heterocycles. The van der Waals surface area contributed by atoms with E-state index in [1.807, 2.05) is 0 Å². The predicted octanol–water partition coefficient (Wildman–Crippen LogP) is 7.17. The van der Waals surface area contributed by atoms with Crippen LogP contribution in [-0.2, 0) is 14.3 Å². The number of esters is 1. The van der Waals surface area contributed by atoms with Crippen LogP contribution in [0.5, 0.6) is 0 Å². The normalized spacial score (nSPS) is 42.7. The van der Waals surface area contributed by atoms with E-state index in [2.05, 4.69) is 41.5 Å². The summed E-state index contributed by atoms with van der Waals surface area (Å²) in [7, 11) is 0. The zero-order valence-corrected chi connectivity index (χ0v) is 22.1. The van der Waals surface area contributed by atoms with Crippen molar-refractivity contribution in [3.05, 3.63) is 11.1 Å². The van der Waals surface area contributed by atoms with Crippen molar-refractivity contribution in [3.8, 4) is 0 Å². The molecule has 0 amide bonds. The van der Waals surface area contributed by atoms with Gasteiger partial charge in [0, 0.05) is 18.8 Å². The molecule has 4 nitrogen and oxygen atoms in total. The lowest BCUT2D eigenvalue weighted by atomic mass is 9.43. The smallest absolute Gasteiger partial charge is 0.303 e. The average molecular weight is 459 g/mol. The van der Waals surface area contributed by atoms with E-state index >= 15 is 0 Å². The molecule has 7 atom stereocenters. The molecule has 0 bridgehead atoms. The molecule has 2 saturated carbocycles. The van der Waals surface area contributed by atoms with Gasteiger partial charge in [0.2, 0.25) is 0 Å². The zero-order valence-electron chi connectivity index (χ0n) is 22.1. The lowest BCUT2D eigenvalue weighted by Gasteiger charge is -2.62. The molecule has 0 spiro atoms. The van der Waals surface area contributed by atoms with Crippen molar-refractivity contribution in [1.29, 1.82) is 0 Å². The molecule has 0 unspecified atom stereocenters. The number of fused-ring (bicyclic) bond motifs is 4. The van der Waals surface area contributed by atoms with Gasteiger partial charge in [-0.2, -0.15) is 0 Å². The summed E-state index contributed by atoms with van der Waals surface area (Å²) in [5.41, 5.74) is 4.18. The van der Waals surface area contributed by atoms with Crippen molar-refractivity contribution in [1.82, 2.24) is 0 Å². The van der Waals surface area contributed by atoms with Crippen LogP contribution in [-0.4, -0.2) is 23.1 Å². The molecule has 4 aliphatic rings. The molecule has 0 aliphatic heterocycles. The number of hydrogen-bond acceptors (Lipinski definition) is 3. The van der Waals surface area contributed by atoms with Crippen molar-refractivity contribution in [3.63, 3.8) is 0 Å². The van der Waals surface area contributed by atoms with Gasteiger partial charge in [0.25, 0.3) is 0 Å². The maximum Gasteiger partial charge on any atom is 0.303 e. The van der Waals surface area contributed by atoms with Crippen LogP contribution < -0.4 is 0 Å². The molecule has 4 aliphatic carbocycles. The van der Waals surface area contributed by atoms with Crippen molar-refractivity contribution >= 4 is 11.9 Å². The molecule has 0 radical (unpaired) electrons. The summed E-state index contributed by atoms with van der Waals surface area (Å²) in [6, 6.07) is 0. The fourth-order valence-electron chi connectivity index (χ4n) is 9.58. The third kappa shape index (κ3) is 3.60. The van der Waals surface area contributed by atoms with Gasteiger partial charge in [-0.05, 0) is 91.8 Å². The molecule has 0 heterocycles. The zero-order chi connectivity index (χ0) is 24.4. The second kappa shape index (κ2) is 8.12. The first kappa shape index (κ1) is 24.8. The summed E-state index contributed by atoms with van der Waals surface area (Å²) < 4.78 is 5.83. The number of carbonyl (C=O) groups excluding carboxylic acids is 1. The van der Waals surface area contributed by atoms with Crippen LogP contribution in [0.15, 0.2) is 11.1 Å². The molecule has 4 heteroatoms. The van der Waals surface area contributed by atoms with Crippen LogP contribution in [0.4, 0.5) is 0 Å². The SMILES string of the molecule is CC(=O)O[C@@H]1CC[C@]2(C)C3=C(CC[C@@H]2C1(C)C)[C@]1(C)CC[C@@H]([C@@H](C)CCC(=O)O)[C@@]1(C)CC3.